The fourth-order valence-electron chi connectivity index (χ4n) is 2.08. The Bertz CT molecular complexity index is 623. The highest BCUT2D eigenvalue weighted by molar-refractivity contribution is 6.21. The molecule has 1 aromatic rings. The van der Waals surface area contributed by atoms with Crippen LogP contribution in [0, 0.1) is 10.1 Å². The summed E-state index contributed by atoms with van der Waals surface area (Å²) in [6.07, 6.45) is 0.677. The topological polar surface area (TPSA) is 97.6 Å². The minimum absolute atomic E-state index is 0.0164. The number of fused-ring (bicyclic) bond motifs is 1. The number of Topliss-reactive ketones (excluding diaryl/α,β-unsaturated/α-hetero) is 1. The van der Waals surface area contributed by atoms with Crippen LogP contribution in [0.25, 0.3) is 0 Å². The zero-order valence-electron chi connectivity index (χ0n) is 10.8. The number of benzene rings is 1. The number of non-ortho nitro benzene ring substituents is 1. The summed E-state index contributed by atoms with van der Waals surface area (Å²) in [6, 6.07) is 3.60. The van der Waals surface area contributed by atoms with Crippen LogP contribution in [0.15, 0.2) is 18.2 Å². The molecule has 0 unspecified atom stereocenters. The summed E-state index contributed by atoms with van der Waals surface area (Å²) < 4.78 is 0. The lowest BCUT2D eigenvalue weighted by Gasteiger charge is -2.12. The fourth-order valence-corrected chi connectivity index (χ4v) is 2.08. The van der Waals surface area contributed by atoms with E-state index >= 15 is 0 Å². The van der Waals surface area contributed by atoms with Crippen LogP contribution in [-0.4, -0.2) is 34.0 Å². The zero-order valence-corrected chi connectivity index (χ0v) is 10.8. The number of nitrogens with zero attached hydrogens (tertiary/aromatic N) is 2. The van der Waals surface area contributed by atoms with Crippen molar-refractivity contribution in [1.82, 2.24) is 4.90 Å². The Morgan fingerprint density at radius 2 is 1.90 bits per heavy atom. The molecule has 1 aliphatic rings. The SMILES string of the molecule is CC(=O)CCCN1C(=O)c2ccc([N+](=O)[O-])cc2C1=O. The lowest BCUT2D eigenvalue weighted by molar-refractivity contribution is -0.384. The Hall–Kier alpha value is -2.57. The van der Waals surface area contributed by atoms with E-state index in [1.807, 2.05) is 0 Å². The molecule has 0 aliphatic carbocycles. The van der Waals surface area contributed by atoms with Crippen LogP contribution in [0.3, 0.4) is 0 Å². The van der Waals surface area contributed by atoms with Gasteiger partial charge < -0.3 is 4.79 Å². The van der Waals surface area contributed by atoms with Crippen molar-refractivity contribution < 1.29 is 19.3 Å². The van der Waals surface area contributed by atoms with Crippen LogP contribution in [0.5, 0.6) is 0 Å². The summed E-state index contributed by atoms with van der Waals surface area (Å²) in [6.45, 7) is 1.57. The molecule has 0 saturated carbocycles. The molecule has 1 heterocycles. The van der Waals surface area contributed by atoms with Crippen LogP contribution in [0.1, 0.15) is 40.5 Å². The first-order valence-corrected chi connectivity index (χ1v) is 6.06. The second-order valence-corrected chi connectivity index (χ2v) is 4.55. The van der Waals surface area contributed by atoms with Crippen molar-refractivity contribution in [3.8, 4) is 0 Å². The van der Waals surface area contributed by atoms with Gasteiger partial charge in [-0.2, -0.15) is 0 Å². The summed E-state index contributed by atoms with van der Waals surface area (Å²) in [7, 11) is 0. The van der Waals surface area contributed by atoms with Gasteiger partial charge in [0.1, 0.15) is 5.78 Å². The van der Waals surface area contributed by atoms with Gasteiger partial charge in [0, 0.05) is 25.1 Å². The van der Waals surface area contributed by atoms with Crippen LogP contribution >= 0.6 is 0 Å². The highest BCUT2D eigenvalue weighted by Gasteiger charge is 2.36. The van der Waals surface area contributed by atoms with Gasteiger partial charge in [-0.25, -0.2) is 0 Å². The van der Waals surface area contributed by atoms with Gasteiger partial charge >= 0.3 is 0 Å². The molecule has 1 aromatic carbocycles. The average molecular weight is 276 g/mol. The second-order valence-electron chi connectivity index (χ2n) is 4.55. The molecule has 0 N–H and O–H groups in total. The molecule has 2 rings (SSSR count). The lowest BCUT2D eigenvalue weighted by Crippen LogP contribution is -2.30. The molecule has 0 bridgehead atoms. The summed E-state index contributed by atoms with van der Waals surface area (Å²) >= 11 is 0. The normalized spacial score (nSPS) is 13.6. The lowest BCUT2D eigenvalue weighted by atomic mass is 10.1. The van der Waals surface area contributed by atoms with Gasteiger partial charge in [-0.05, 0) is 19.4 Å². The molecule has 0 saturated heterocycles. The van der Waals surface area contributed by atoms with Gasteiger partial charge in [-0.1, -0.05) is 0 Å². The van der Waals surface area contributed by atoms with Crippen molar-refractivity contribution in [2.75, 3.05) is 6.54 Å². The number of imide groups is 1. The second kappa shape index (κ2) is 5.20. The van der Waals surface area contributed by atoms with Crippen molar-refractivity contribution >= 4 is 23.3 Å². The van der Waals surface area contributed by atoms with E-state index in [1.165, 1.54) is 19.1 Å². The summed E-state index contributed by atoms with van der Waals surface area (Å²) in [5, 5.41) is 10.7. The smallest absolute Gasteiger partial charge is 0.270 e. The van der Waals surface area contributed by atoms with Crippen molar-refractivity contribution in [3.63, 3.8) is 0 Å². The molecule has 20 heavy (non-hydrogen) atoms. The Morgan fingerprint density at radius 1 is 1.25 bits per heavy atom. The van der Waals surface area contributed by atoms with Crippen molar-refractivity contribution in [2.45, 2.75) is 19.8 Å². The molecule has 0 radical (unpaired) electrons. The van der Waals surface area contributed by atoms with E-state index in [9.17, 15) is 24.5 Å². The van der Waals surface area contributed by atoms with E-state index in [0.29, 0.717) is 6.42 Å². The van der Waals surface area contributed by atoms with Crippen LogP contribution < -0.4 is 0 Å². The molecular formula is C13H12N2O5. The van der Waals surface area contributed by atoms with Gasteiger partial charge in [0.25, 0.3) is 17.5 Å². The number of nitro groups is 1. The number of hydrogen-bond acceptors (Lipinski definition) is 5. The van der Waals surface area contributed by atoms with Crippen LogP contribution in [-0.2, 0) is 4.79 Å². The molecule has 2 amide bonds. The maximum Gasteiger partial charge on any atom is 0.270 e. The molecular weight excluding hydrogens is 264 g/mol. The molecule has 1 aliphatic heterocycles. The first kappa shape index (κ1) is 13.9. The predicted molar refractivity (Wildman–Crippen MR) is 68.4 cm³/mol. The largest absolute Gasteiger partial charge is 0.300 e. The third kappa shape index (κ3) is 2.42. The minimum atomic E-state index is -0.615. The van der Waals surface area contributed by atoms with E-state index in [0.717, 1.165) is 11.0 Å². The van der Waals surface area contributed by atoms with Gasteiger partial charge in [0.05, 0.1) is 16.1 Å². The predicted octanol–water partition coefficient (Wildman–Crippen LogP) is 1.56. The third-order valence-corrected chi connectivity index (χ3v) is 3.08. The van der Waals surface area contributed by atoms with Gasteiger partial charge in [-0.3, -0.25) is 24.6 Å². The van der Waals surface area contributed by atoms with E-state index < -0.39 is 16.7 Å². The number of rotatable bonds is 5. The van der Waals surface area contributed by atoms with Gasteiger partial charge in [0.2, 0.25) is 0 Å². The van der Waals surface area contributed by atoms with Gasteiger partial charge in [-0.15, -0.1) is 0 Å². The summed E-state index contributed by atoms with van der Waals surface area (Å²) in [5.74, 6) is -1.03. The van der Waals surface area contributed by atoms with Crippen molar-refractivity contribution in [1.29, 1.82) is 0 Å². The Kier molecular flexibility index (Phi) is 3.60. The first-order chi connectivity index (χ1) is 9.41. The number of hydrogen-bond donors (Lipinski definition) is 0. The number of carbonyl (C=O) groups is 3. The van der Waals surface area contributed by atoms with E-state index in [1.54, 1.807) is 0 Å². The minimum Gasteiger partial charge on any atom is -0.300 e. The zero-order chi connectivity index (χ0) is 14.9. The summed E-state index contributed by atoms with van der Waals surface area (Å²) in [4.78, 5) is 46.0. The monoisotopic (exact) mass is 276 g/mol. The highest BCUT2D eigenvalue weighted by Crippen LogP contribution is 2.26. The number of nitro benzene ring substituents is 1. The fraction of sp³-hybridized carbons (Fsp3) is 0.308. The molecule has 104 valence electrons. The highest BCUT2D eigenvalue weighted by atomic mass is 16.6. The van der Waals surface area contributed by atoms with E-state index in [-0.39, 0.29) is 35.6 Å². The van der Waals surface area contributed by atoms with Gasteiger partial charge in [0.15, 0.2) is 0 Å². The average Bonchev–Trinajstić information content (AvgIpc) is 2.63. The van der Waals surface area contributed by atoms with Crippen molar-refractivity contribution in [3.05, 3.63) is 39.4 Å². The van der Waals surface area contributed by atoms with Crippen LogP contribution in [0.2, 0.25) is 0 Å². The molecule has 0 fully saturated rings. The van der Waals surface area contributed by atoms with E-state index in [4.69, 9.17) is 0 Å². The first-order valence-electron chi connectivity index (χ1n) is 6.06. The van der Waals surface area contributed by atoms with E-state index in [2.05, 4.69) is 0 Å². The standard InChI is InChI=1S/C13H12N2O5/c1-8(16)3-2-6-14-12(17)10-5-4-9(15(19)20)7-11(10)13(14)18/h4-5,7H,2-3,6H2,1H3. The Morgan fingerprint density at radius 3 is 2.50 bits per heavy atom. The number of carbonyl (C=O) groups excluding carboxylic acids is 3. The molecule has 7 heteroatoms. The maximum absolute atomic E-state index is 12.1. The van der Waals surface area contributed by atoms with Crippen molar-refractivity contribution in [2.24, 2.45) is 0 Å². The number of amides is 2. The molecule has 0 spiro atoms. The molecule has 0 atom stereocenters. The van der Waals surface area contributed by atoms with Crippen LogP contribution in [0.4, 0.5) is 5.69 Å². The molecule has 7 nitrogen and oxygen atoms in total. The summed E-state index contributed by atoms with van der Waals surface area (Å²) in [5.41, 5.74) is -0.00839. The maximum atomic E-state index is 12.1. The molecule has 0 aromatic heterocycles. The Labute approximate surface area is 114 Å². The Balaban J connectivity index is 2.21. The number of ketones is 1. The quantitative estimate of drug-likeness (QED) is 0.461. The third-order valence-electron chi connectivity index (χ3n) is 3.08.